The van der Waals surface area contributed by atoms with E-state index in [1.165, 1.54) is 13.8 Å². The van der Waals surface area contributed by atoms with Crippen molar-refractivity contribution in [2.45, 2.75) is 39.4 Å². The molecule has 0 saturated heterocycles. The van der Waals surface area contributed by atoms with Crippen molar-refractivity contribution in [3.8, 4) is 0 Å². The molecule has 0 aliphatic heterocycles. The van der Waals surface area contributed by atoms with Gasteiger partial charge in [-0.25, -0.2) is 9.59 Å². The van der Waals surface area contributed by atoms with Crippen LogP contribution in [0.1, 0.15) is 27.2 Å². The zero-order chi connectivity index (χ0) is 13.6. The van der Waals surface area contributed by atoms with Crippen LogP contribution in [0.3, 0.4) is 0 Å². The van der Waals surface area contributed by atoms with Crippen LogP contribution in [-0.2, 0) is 14.3 Å². The van der Waals surface area contributed by atoms with Crippen molar-refractivity contribution in [3.05, 3.63) is 23.8 Å². The third-order valence-electron chi connectivity index (χ3n) is 2.09. The molecule has 0 saturated carbocycles. The Morgan fingerprint density at radius 2 is 1.82 bits per heavy atom. The first-order valence-corrected chi connectivity index (χ1v) is 5.26. The van der Waals surface area contributed by atoms with Gasteiger partial charge in [0, 0.05) is 11.1 Å². The van der Waals surface area contributed by atoms with Crippen LogP contribution in [0, 0.1) is 0 Å². The van der Waals surface area contributed by atoms with E-state index in [1.807, 2.05) is 0 Å². The van der Waals surface area contributed by atoms with Crippen LogP contribution in [0.25, 0.3) is 0 Å². The predicted octanol–water partition coefficient (Wildman–Crippen LogP) is 0.710. The van der Waals surface area contributed by atoms with Crippen molar-refractivity contribution in [1.29, 1.82) is 0 Å². The highest BCUT2D eigenvalue weighted by Gasteiger charge is 2.17. The Hall–Kier alpha value is -1.46. The number of aliphatic hydroxyl groups is 2. The molecule has 0 aromatic rings. The number of rotatable bonds is 5. The SMILES string of the molecule is C=C(C)C(=O)OC(=O)C(C)=CC(O)C(O)CC. The van der Waals surface area contributed by atoms with E-state index in [2.05, 4.69) is 11.3 Å². The van der Waals surface area contributed by atoms with E-state index in [1.54, 1.807) is 6.92 Å². The molecule has 17 heavy (non-hydrogen) atoms. The van der Waals surface area contributed by atoms with Crippen molar-refractivity contribution in [2.75, 3.05) is 0 Å². The first kappa shape index (κ1) is 15.5. The van der Waals surface area contributed by atoms with E-state index in [0.717, 1.165) is 6.08 Å². The van der Waals surface area contributed by atoms with Crippen LogP contribution in [-0.4, -0.2) is 34.4 Å². The second kappa shape index (κ2) is 6.98. The minimum Gasteiger partial charge on any atom is -0.390 e. The summed E-state index contributed by atoms with van der Waals surface area (Å²) in [6.45, 7) is 7.84. The van der Waals surface area contributed by atoms with Gasteiger partial charge in [-0.1, -0.05) is 13.5 Å². The molecule has 0 amide bonds. The summed E-state index contributed by atoms with van der Waals surface area (Å²) in [5, 5.41) is 18.7. The zero-order valence-electron chi connectivity index (χ0n) is 10.3. The van der Waals surface area contributed by atoms with E-state index in [0.29, 0.717) is 6.42 Å². The third-order valence-corrected chi connectivity index (χ3v) is 2.09. The molecule has 0 fully saturated rings. The number of carbonyl (C=O) groups is 2. The Labute approximate surface area is 100 Å². The summed E-state index contributed by atoms with van der Waals surface area (Å²) in [4.78, 5) is 22.4. The summed E-state index contributed by atoms with van der Waals surface area (Å²) in [5.41, 5.74) is 0.167. The molecule has 0 aliphatic carbocycles. The summed E-state index contributed by atoms with van der Waals surface area (Å²) < 4.78 is 4.45. The van der Waals surface area contributed by atoms with Crippen LogP contribution in [0.4, 0.5) is 0 Å². The quantitative estimate of drug-likeness (QED) is 0.421. The Morgan fingerprint density at radius 1 is 1.29 bits per heavy atom. The Morgan fingerprint density at radius 3 is 2.24 bits per heavy atom. The summed E-state index contributed by atoms with van der Waals surface area (Å²) in [6, 6.07) is 0. The average molecular weight is 242 g/mol. The van der Waals surface area contributed by atoms with Gasteiger partial charge in [0.05, 0.1) is 12.2 Å². The summed E-state index contributed by atoms with van der Waals surface area (Å²) in [7, 11) is 0. The zero-order valence-corrected chi connectivity index (χ0v) is 10.3. The minimum atomic E-state index is -1.16. The highest BCUT2D eigenvalue weighted by atomic mass is 16.6. The fourth-order valence-electron chi connectivity index (χ4n) is 0.929. The van der Waals surface area contributed by atoms with Gasteiger partial charge in [-0.05, 0) is 26.3 Å². The number of hydrogen-bond donors (Lipinski definition) is 2. The first-order chi connectivity index (χ1) is 7.79. The fourth-order valence-corrected chi connectivity index (χ4v) is 0.929. The molecule has 0 aromatic carbocycles. The van der Waals surface area contributed by atoms with Gasteiger partial charge < -0.3 is 14.9 Å². The largest absolute Gasteiger partial charge is 0.390 e. The maximum atomic E-state index is 11.4. The molecule has 96 valence electrons. The van der Waals surface area contributed by atoms with Crippen LogP contribution in [0.2, 0.25) is 0 Å². The molecule has 2 unspecified atom stereocenters. The molecule has 0 aromatic heterocycles. The third kappa shape index (κ3) is 5.42. The second-order valence-electron chi connectivity index (χ2n) is 3.77. The van der Waals surface area contributed by atoms with E-state index in [4.69, 9.17) is 0 Å². The van der Waals surface area contributed by atoms with Crippen LogP contribution in [0.15, 0.2) is 23.8 Å². The van der Waals surface area contributed by atoms with Gasteiger partial charge in [0.15, 0.2) is 0 Å². The highest BCUT2D eigenvalue weighted by Crippen LogP contribution is 2.06. The van der Waals surface area contributed by atoms with Crippen LogP contribution < -0.4 is 0 Å². The second-order valence-corrected chi connectivity index (χ2v) is 3.77. The number of carbonyl (C=O) groups excluding carboxylic acids is 2. The minimum absolute atomic E-state index is 0.0552. The fraction of sp³-hybridized carbons (Fsp3) is 0.500. The predicted molar refractivity (Wildman–Crippen MR) is 62.0 cm³/mol. The lowest BCUT2D eigenvalue weighted by Gasteiger charge is -2.12. The number of ether oxygens (including phenoxy) is 1. The molecule has 0 bridgehead atoms. The van der Waals surface area contributed by atoms with Crippen molar-refractivity contribution >= 4 is 11.9 Å². The average Bonchev–Trinajstić information content (AvgIpc) is 2.27. The van der Waals surface area contributed by atoms with Crippen LogP contribution in [0.5, 0.6) is 0 Å². The van der Waals surface area contributed by atoms with Gasteiger partial charge in [-0.2, -0.15) is 0 Å². The van der Waals surface area contributed by atoms with Gasteiger partial charge in [0.2, 0.25) is 0 Å². The molecular weight excluding hydrogens is 224 g/mol. The number of hydrogen-bond acceptors (Lipinski definition) is 5. The lowest BCUT2D eigenvalue weighted by molar-refractivity contribution is -0.154. The molecule has 5 heteroatoms. The molecule has 0 spiro atoms. The Balaban J connectivity index is 4.54. The van der Waals surface area contributed by atoms with Gasteiger partial charge in [-0.3, -0.25) is 0 Å². The van der Waals surface area contributed by atoms with E-state index in [-0.39, 0.29) is 11.1 Å². The normalized spacial score (nSPS) is 15.0. The molecule has 2 N–H and O–H groups in total. The molecule has 0 rings (SSSR count). The maximum Gasteiger partial charge on any atom is 0.341 e. The maximum absolute atomic E-state index is 11.4. The topological polar surface area (TPSA) is 83.8 Å². The van der Waals surface area contributed by atoms with Gasteiger partial charge >= 0.3 is 11.9 Å². The highest BCUT2D eigenvalue weighted by molar-refractivity contribution is 6.01. The van der Waals surface area contributed by atoms with Crippen molar-refractivity contribution in [1.82, 2.24) is 0 Å². The summed E-state index contributed by atoms with van der Waals surface area (Å²) in [6.07, 6.45) is -0.602. The smallest absolute Gasteiger partial charge is 0.341 e. The molecule has 0 aliphatic rings. The van der Waals surface area contributed by atoms with E-state index in [9.17, 15) is 19.8 Å². The molecule has 5 nitrogen and oxygen atoms in total. The molecular formula is C12H18O5. The monoisotopic (exact) mass is 242 g/mol. The van der Waals surface area contributed by atoms with Crippen molar-refractivity contribution < 1.29 is 24.5 Å². The number of esters is 2. The Bertz CT molecular complexity index is 343. The van der Waals surface area contributed by atoms with Crippen molar-refractivity contribution in [2.24, 2.45) is 0 Å². The lowest BCUT2D eigenvalue weighted by Crippen LogP contribution is -2.24. The van der Waals surface area contributed by atoms with Crippen LogP contribution >= 0.6 is 0 Å². The molecule has 0 radical (unpaired) electrons. The first-order valence-electron chi connectivity index (χ1n) is 5.26. The summed E-state index contributed by atoms with van der Waals surface area (Å²) in [5.74, 6) is -1.67. The van der Waals surface area contributed by atoms with E-state index >= 15 is 0 Å². The van der Waals surface area contributed by atoms with Gasteiger partial charge in [-0.15, -0.1) is 0 Å². The number of aliphatic hydroxyl groups excluding tert-OH is 2. The lowest BCUT2D eigenvalue weighted by atomic mass is 10.1. The summed E-state index contributed by atoms with van der Waals surface area (Å²) >= 11 is 0. The molecule has 2 atom stereocenters. The standard InChI is InChI=1S/C12H18O5/c1-5-9(13)10(14)6-8(4)12(16)17-11(15)7(2)3/h6,9-10,13-14H,2,5H2,1,3-4H3. The van der Waals surface area contributed by atoms with Gasteiger partial charge in [0.1, 0.15) is 0 Å². The Kier molecular flexibility index (Phi) is 6.38. The van der Waals surface area contributed by atoms with E-state index < -0.39 is 24.1 Å². The molecule has 0 heterocycles. The van der Waals surface area contributed by atoms with Crippen molar-refractivity contribution in [3.63, 3.8) is 0 Å². The van der Waals surface area contributed by atoms with Gasteiger partial charge in [0.25, 0.3) is 0 Å².